The van der Waals surface area contributed by atoms with Crippen molar-refractivity contribution in [1.29, 1.82) is 0 Å². The first-order valence-electron chi connectivity index (χ1n) is 15.9. The highest BCUT2D eigenvalue weighted by molar-refractivity contribution is 5.41. The van der Waals surface area contributed by atoms with E-state index >= 15 is 0 Å². The van der Waals surface area contributed by atoms with Gasteiger partial charge in [0.1, 0.15) is 79.6 Å². The maximum absolute atomic E-state index is 14.1. The highest BCUT2D eigenvalue weighted by Crippen LogP contribution is 2.42. The van der Waals surface area contributed by atoms with Crippen molar-refractivity contribution in [2.45, 2.75) is 42.5 Å². The number of hydrogen-bond donors (Lipinski definition) is 1. The van der Waals surface area contributed by atoms with Crippen molar-refractivity contribution in [3.05, 3.63) is 119 Å². The molecule has 0 spiro atoms. The van der Waals surface area contributed by atoms with Crippen LogP contribution in [0.5, 0.6) is 23.0 Å². The Bertz CT molecular complexity index is 1530. The minimum atomic E-state index is -4.56. The zero-order chi connectivity index (χ0) is 35.3. The second kappa shape index (κ2) is 15.2. The Kier molecular flexibility index (Phi) is 10.7. The summed E-state index contributed by atoms with van der Waals surface area (Å²) < 4.78 is 117. The first-order valence-corrected chi connectivity index (χ1v) is 15.9. The van der Waals surface area contributed by atoms with Gasteiger partial charge in [-0.3, -0.25) is 0 Å². The van der Waals surface area contributed by atoms with Crippen molar-refractivity contribution in [3.8, 4) is 23.0 Å². The summed E-state index contributed by atoms with van der Waals surface area (Å²) in [5, 5.41) is 10.4. The Morgan fingerprint density at radius 1 is 0.500 bits per heavy atom. The third-order valence-corrected chi connectivity index (χ3v) is 8.07. The van der Waals surface area contributed by atoms with Gasteiger partial charge in [0.25, 0.3) is 0 Å². The molecule has 0 amide bonds. The molecule has 0 bridgehead atoms. The fraction of sp³-hybridized carbons (Fsp3) is 0.351. The van der Waals surface area contributed by atoms with E-state index in [1.807, 2.05) is 0 Å². The molecule has 0 saturated carbocycles. The molecule has 13 heteroatoms. The maximum atomic E-state index is 14.1. The standard InChI is InChI=1S/C37H34F6O7/c38-36(39,40)34(25-5-13-30(14-6-25)47-19-32-21-49-32)23-1-9-28(10-2-23)45-17-27(44)18-46-29-11-3-24(4-12-29)35(37(41,42)43)26-7-15-31(16-8-26)48-20-33-22-50-33/h1-16,27,32-35,44H,17-22H2. The number of aliphatic hydroxyl groups excluding tert-OH is 1. The van der Waals surface area contributed by atoms with Gasteiger partial charge in [-0.05, 0) is 70.8 Å². The number of ether oxygens (including phenoxy) is 6. The normalized spacial score (nSPS) is 18.9. The number of alkyl halides is 6. The molecule has 50 heavy (non-hydrogen) atoms. The van der Waals surface area contributed by atoms with E-state index in [4.69, 9.17) is 28.4 Å². The minimum absolute atomic E-state index is 0.00966. The van der Waals surface area contributed by atoms with Crippen LogP contribution in [-0.4, -0.2) is 75.4 Å². The predicted molar refractivity (Wildman–Crippen MR) is 169 cm³/mol. The summed E-state index contributed by atoms with van der Waals surface area (Å²) in [5.74, 6) is -2.37. The van der Waals surface area contributed by atoms with Crippen LogP contribution in [0.15, 0.2) is 97.1 Å². The summed E-state index contributed by atoms with van der Waals surface area (Å²) >= 11 is 0. The minimum Gasteiger partial charge on any atom is -0.491 e. The lowest BCUT2D eigenvalue weighted by atomic mass is 9.90. The van der Waals surface area contributed by atoms with Gasteiger partial charge < -0.3 is 33.5 Å². The van der Waals surface area contributed by atoms with E-state index in [2.05, 4.69) is 0 Å². The average molecular weight is 705 g/mol. The number of aliphatic hydroxyl groups is 1. The van der Waals surface area contributed by atoms with Gasteiger partial charge in [0, 0.05) is 0 Å². The van der Waals surface area contributed by atoms with Gasteiger partial charge in [-0.15, -0.1) is 0 Å². The van der Waals surface area contributed by atoms with Gasteiger partial charge in [0.05, 0.1) is 13.2 Å². The smallest absolute Gasteiger partial charge is 0.399 e. The summed E-state index contributed by atoms with van der Waals surface area (Å²) in [7, 11) is 0. The molecule has 0 aliphatic carbocycles. The van der Waals surface area contributed by atoms with Crippen molar-refractivity contribution in [2.75, 3.05) is 39.6 Å². The van der Waals surface area contributed by atoms with Crippen molar-refractivity contribution >= 4 is 0 Å². The van der Waals surface area contributed by atoms with Crippen LogP contribution in [0.25, 0.3) is 0 Å². The second-order valence-corrected chi connectivity index (χ2v) is 12.0. The molecule has 2 saturated heterocycles. The molecule has 0 radical (unpaired) electrons. The van der Waals surface area contributed by atoms with E-state index < -0.39 is 30.3 Å². The SMILES string of the molecule is OC(COc1ccc(C(c2ccc(OCC3CO3)cc2)C(F)(F)F)cc1)COc1ccc(C(c2ccc(OCC3CO3)cc2)C(F)(F)F)cc1. The second-order valence-electron chi connectivity index (χ2n) is 12.0. The fourth-order valence-electron chi connectivity index (χ4n) is 5.31. The zero-order valence-electron chi connectivity index (χ0n) is 26.5. The topological polar surface area (TPSA) is 82.2 Å². The van der Waals surface area contributed by atoms with Gasteiger partial charge in [-0.2, -0.15) is 26.3 Å². The summed E-state index contributed by atoms with van der Waals surface area (Å²) in [6, 6.07) is 22.3. The number of hydrogen-bond acceptors (Lipinski definition) is 7. The van der Waals surface area contributed by atoms with Gasteiger partial charge in [0.2, 0.25) is 0 Å². The number of rotatable bonds is 16. The van der Waals surface area contributed by atoms with Crippen LogP contribution in [0, 0.1) is 0 Å². The van der Waals surface area contributed by atoms with Crippen LogP contribution in [-0.2, 0) is 9.47 Å². The lowest BCUT2D eigenvalue weighted by Gasteiger charge is -2.22. The largest absolute Gasteiger partial charge is 0.491 e. The lowest BCUT2D eigenvalue weighted by molar-refractivity contribution is -0.142. The van der Waals surface area contributed by atoms with E-state index in [-0.39, 0.29) is 59.2 Å². The van der Waals surface area contributed by atoms with Crippen LogP contribution in [0.4, 0.5) is 26.3 Å². The molecular formula is C37H34F6O7. The molecule has 266 valence electrons. The number of benzene rings is 4. The summed E-state index contributed by atoms with van der Waals surface area (Å²) in [6.07, 6.45) is -10.2. The summed E-state index contributed by atoms with van der Waals surface area (Å²) in [4.78, 5) is 0. The molecule has 4 unspecified atom stereocenters. The van der Waals surface area contributed by atoms with Crippen LogP contribution in [0.3, 0.4) is 0 Å². The Labute approximate surface area is 284 Å². The Balaban J connectivity index is 0.996. The molecule has 2 heterocycles. The molecule has 4 aromatic carbocycles. The number of epoxide rings is 2. The highest BCUT2D eigenvalue weighted by Gasteiger charge is 2.43. The van der Waals surface area contributed by atoms with Crippen LogP contribution < -0.4 is 18.9 Å². The van der Waals surface area contributed by atoms with Gasteiger partial charge in [-0.1, -0.05) is 48.5 Å². The predicted octanol–water partition coefficient (Wildman–Crippen LogP) is 7.45. The molecule has 6 rings (SSSR count). The average Bonchev–Trinajstić information content (AvgIpc) is 4.02. The molecule has 2 aliphatic heterocycles. The third kappa shape index (κ3) is 9.83. The van der Waals surface area contributed by atoms with Gasteiger partial charge in [0.15, 0.2) is 0 Å². The van der Waals surface area contributed by atoms with Crippen molar-refractivity contribution in [2.24, 2.45) is 0 Å². The van der Waals surface area contributed by atoms with Gasteiger partial charge >= 0.3 is 12.4 Å². The van der Waals surface area contributed by atoms with E-state index in [1.54, 1.807) is 0 Å². The molecule has 1 N–H and O–H groups in total. The quantitative estimate of drug-likeness (QED) is 0.0959. The zero-order valence-corrected chi connectivity index (χ0v) is 26.5. The summed E-state index contributed by atoms with van der Waals surface area (Å²) in [5.41, 5.74) is 0.121. The molecule has 2 fully saturated rings. The van der Waals surface area contributed by atoms with E-state index in [0.29, 0.717) is 37.9 Å². The van der Waals surface area contributed by atoms with Crippen molar-refractivity contribution < 1.29 is 59.9 Å². The molecule has 4 atom stereocenters. The van der Waals surface area contributed by atoms with E-state index in [1.165, 1.54) is 97.1 Å². The van der Waals surface area contributed by atoms with Gasteiger partial charge in [-0.25, -0.2) is 0 Å². The fourth-order valence-corrected chi connectivity index (χ4v) is 5.31. The highest BCUT2D eigenvalue weighted by atomic mass is 19.4. The van der Waals surface area contributed by atoms with Crippen molar-refractivity contribution in [1.82, 2.24) is 0 Å². The first-order chi connectivity index (χ1) is 23.9. The maximum Gasteiger partial charge on any atom is 0.399 e. The van der Waals surface area contributed by atoms with Crippen LogP contribution in [0.1, 0.15) is 34.1 Å². The lowest BCUT2D eigenvalue weighted by Crippen LogP contribution is -2.25. The Hall–Kier alpha value is -4.46. The van der Waals surface area contributed by atoms with Crippen LogP contribution >= 0.6 is 0 Å². The molecule has 0 aromatic heterocycles. The molecule has 2 aliphatic rings. The molecular weight excluding hydrogens is 670 g/mol. The third-order valence-electron chi connectivity index (χ3n) is 8.07. The molecule has 4 aromatic rings. The monoisotopic (exact) mass is 704 g/mol. The summed E-state index contributed by atoms with van der Waals surface area (Å²) in [6.45, 7) is 1.42. The van der Waals surface area contributed by atoms with Crippen molar-refractivity contribution in [3.63, 3.8) is 0 Å². The van der Waals surface area contributed by atoms with E-state index in [9.17, 15) is 31.4 Å². The Morgan fingerprint density at radius 2 is 0.760 bits per heavy atom. The van der Waals surface area contributed by atoms with E-state index in [0.717, 1.165) is 0 Å². The number of halogens is 6. The Morgan fingerprint density at radius 3 is 1.00 bits per heavy atom. The van der Waals surface area contributed by atoms with Crippen LogP contribution in [0.2, 0.25) is 0 Å². The first kappa shape index (κ1) is 35.4. The molecule has 7 nitrogen and oxygen atoms in total.